The standard InChI is InChI=1S/C14H15ClN2O2S/c1-8-4-12-10(6-11(8)15)9(5-13(18)19-12)7-20-14(16-2)17-3/h4-6H,7H2,1-3H3,(H,16,17). The molecule has 0 aliphatic heterocycles. The van der Waals surface area contributed by atoms with Gasteiger partial charge in [-0.3, -0.25) is 4.99 Å². The molecule has 0 unspecified atom stereocenters. The predicted molar refractivity (Wildman–Crippen MR) is 85.9 cm³/mol. The van der Waals surface area contributed by atoms with Gasteiger partial charge in [0.05, 0.1) is 0 Å². The van der Waals surface area contributed by atoms with Crippen molar-refractivity contribution in [1.82, 2.24) is 5.32 Å². The van der Waals surface area contributed by atoms with E-state index in [1.807, 2.05) is 20.0 Å². The van der Waals surface area contributed by atoms with Crippen molar-refractivity contribution in [3.63, 3.8) is 0 Å². The Morgan fingerprint density at radius 3 is 2.85 bits per heavy atom. The van der Waals surface area contributed by atoms with E-state index in [9.17, 15) is 4.79 Å². The highest BCUT2D eigenvalue weighted by Crippen LogP contribution is 2.27. The van der Waals surface area contributed by atoms with Crippen LogP contribution in [0.5, 0.6) is 0 Å². The van der Waals surface area contributed by atoms with Gasteiger partial charge in [-0.15, -0.1) is 0 Å². The normalized spacial score (nSPS) is 11.9. The Morgan fingerprint density at radius 2 is 2.20 bits per heavy atom. The fraction of sp³-hybridized carbons (Fsp3) is 0.286. The molecular weight excluding hydrogens is 296 g/mol. The number of halogens is 1. The number of hydrogen-bond acceptors (Lipinski definition) is 4. The van der Waals surface area contributed by atoms with Crippen LogP contribution in [-0.2, 0) is 5.75 Å². The molecule has 2 aromatic rings. The molecule has 1 aromatic carbocycles. The van der Waals surface area contributed by atoms with Gasteiger partial charge in [0.25, 0.3) is 0 Å². The van der Waals surface area contributed by atoms with Gasteiger partial charge in [0.2, 0.25) is 0 Å². The molecule has 1 N–H and O–H groups in total. The third-order valence-electron chi connectivity index (χ3n) is 2.89. The smallest absolute Gasteiger partial charge is 0.336 e. The van der Waals surface area contributed by atoms with Crippen LogP contribution in [0, 0.1) is 6.92 Å². The molecule has 0 radical (unpaired) electrons. The molecule has 106 valence electrons. The van der Waals surface area contributed by atoms with Crippen LogP contribution in [0.1, 0.15) is 11.1 Å². The van der Waals surface area contributed by atoms with Gasteiger partial charge in [-0.25, -0.2) is 4.79 Å². The average molecular weight is 311 g/mol. The average Bonchev–Trinajstić information content (AvgIpc) is 2.42. The van der Waals surface area contributed by atoms with E-state index in [1.165, 1.54) is 17.8 Å². The number of nitrogens with zero attached hydrogens (tertiary/aromatic N) is 1. The van der Waals surface area contributed by atoms with Crippen LogP contribution in [-0.4, -0.2) is 19.3 Å². The summed E-state index contributed by atoms with van der Waals surface area (Å²) >= 11 is 7.68. The summed E-state index contributed by atoms with van der Waals surface area (Å²) < 4.78 is 5.23. The first-order valence-electron chi connectivity index (χ1n) is 6.05. The summed E-state index contributed by atoms with van der Waals surface area (Å²) in [6, 6.07) is 5.14. The highest BCUT2D eigenvalue weighted by molar-refractivity contribution is 8.13. The van der Waals surface area contributed by atoms with Crippen molar-refractivity contribution in [3.05, 3.63) is 44.8 Å². The van der Waals surface area contributed by atoms with Crippen molar-refractivity contribution in [2.24, 2.45) is 4.99 Å². The molecule has 0 saturated heterocycles. The number of aryl methyl sites for hydroxylation is 1. The van der Waals surface area contributed by atoms with Crippen LogP contribution in [0.4, 0.5) is 0 Å². The third-order valence-corrected chi connectivity index (χ3v) is 4.41. The van der Waals surface area contributed by atoms with Gasteiger partial charge >= 0.3 is 5.63 Å². The number of thioether (sulfide) groups is 1. The SMILES string of the molecule is CN=C(NC)SCc1cc(=O)oc2cc(C)c(Cl)cc12. The van der Waals surface area contributed by atoms with Crippen LogP contribution >= 0.6 is 23.4 Å². The van der Waals surface area contributed by atoms with Gasteiger partial charge in [-0.05, 0) is 30.2 Å². The van der Waals surface area contributed by atoms with Crippen molar-refractivity contribution in [2.45, 2.75) is 12.7 Å². The fourth-order valence-electron chi connectivity index (χ4n) is 1.86. The second-order valence-corrected chi connectivity index (χ2v) is 5.63. The summed E-state index contributed by atoms with van der Waals surface area (Å²) in [7, 11) is 3.53. The monoisotopic (exact) mass is 310 g/mol. The lowest BCUT2D eigenvalue weighted by atomic mass is 10.1. The number of nitrogens with one attached hydrogen (secondary N) is 1. The molecule has 2 rings (SSSR count). The number of rotatable bonds is 2. The quantitative estimate of drug-likeness (QED) is 0.526. The minimum atomic E-state index is -0.353. The van der Waals surface area contributed by atoms with Gasteiger partial charge in [0.15, 0.2) is 5.17 Å². The predicted octanol–water partition coefficient (Wildman–Crippen LogP) is 3.19. The van der Waals surface area contributed by atoms with Crippen LogP contribution in [0.2, 0.25) is 5.02 Å². The zero-order chi connectivity index (χ0) is 14.7. The maximum absolute atomic E-state index is 11.6. The lowest BCUT2D eigenvalue weighted by Gasteiger charge is -2.08. The Kier molecular flexibility index (Phi) is 4.73. The first-order chi connectivity index (χ1) is 9.55. The number of fused-ring (bicyclic) bond motifs is 1. The topological polar surface area (TPSA) is 54.6 Å². The van der Waals surface area contributed by atoms with E-state index in [4.69, 9.17) is 16.0 Å². The summed E-state index contributed by atoms with van der Waals surface area (Å²) in [6.45, 7) is 1.88. The third kappa shape index (κ3) is 3.16. The lowest BCUT2D eigenvalue weighted by Crippen LogP contribution is -2.14. The maximum Gasteiger partial charge on any atom is 0.336 e. The molecule has 4 nitrogen and oxygen atoms in total. The zero-order valence-electron chi connectivity index (χ0n) is 11.5. The minimum Gasteiger partial charge on any atom is -0.423 e. The van der Waals surface area contributed by atoms with E-state index < -0.39 is 0 Å². The van der Waals surface area contributed by atoms with Gasteiger partial charge in [0.1, 0.15) is 5.58 Å². The molecule has 0 amide bonds. The van der Waals surface area contributed by atoms with E-state index in [-0.39, 0.29) is 5.63 Å². The highest BCUT2D eigenvalue weighted by atomic mass is 35.5. The number of hydrogen-bond donors (Lipinski definition) is 1. The molecule has 0 spiro atoms. The first kappa shape index (κ1) is 14.9. The Balaban J connectivity index is 2.47. The van der Waals surface area contributed by atoms with E-state index >= 15 is 0 Å². The van der Waals surface area contributed by atoms with Crippen molar-refractivity contribution >= 4 is 39.5 Å². The first-order valence-corrected chi connectivity index (χ1v) is 7.41. The molecule has 0 aliphatic carbocycles. The van der Waals surface area contributed by atoms with Gasteiger partial charge < -0.3 is 9.73 Å². The van der Waals surface area contributed by atoms with Crippen molar-refractivity contribution in [2.75, 3.05) is 14.1 Å². The minimum absolute atomic E-state index is 0.353. The van der Waals surface area contributed by atoms with Crippen LogP contribution in [0.3, 0.4) is 0 Å². The Hall–Kier alpha value is -1.46. The molecule has 0 aliphatic rings. The number of amidine groups is 1. The zero-order valence-corrected chi connectivity index (χ0v) is 13.1. The van der Waals surface area contributed by atoms with Crippen molar-refractivity contribution in [3.8, 4) is 0 Å². The van der Waals surface area contributed by atoms with E-state index in [1.54, 1.807) is 13.1 Å². The van der Waals surface area contributed by atoms with Crippen LogP contribution < -0.4 is 10.9 Å². The summed E-state index contributed by atoms with van der Waals surface area (Å²) in [6.07, 6.45) is 0. The van der Waals surface area contributed by atoms with E-state index in [0.29, 0.717) is 16.4 Å². The van der Waals surface area contributed by atoms with Gasteiger partial charge in [-0.1, -0.05) is 23.4 Å². The molecule has 0 bridgehead atoms. The highest BCUT2D eigenvalue weighted by Gasteiger charge is 2.09. The molecule has 20 heavy (non-hydrogen) atoms. The largest absolute Gasteiger partial charge is 0.423 e. The molecule has 1 aromatic heterocycles. The molecule has 0 fully saturated rings. The number of aliphatic imine (C=N–C) groups is 1. The Labute approximate surface area is 126 Å². The van der Waals surface area contributed by atoms with Crippen molar-refractivity contribution < 1.29 is 4.42 Å². The van der Waals surface area contributed by atoms with Crippen LogP contribution in [0.15, 0.2) is 32.4 Å². The van der Waals surface area contributed by atoms with E-state index in [2.05, 4.69) is 10.3 Å². The van der Waals surface area contributed by atoms with Crippen LogP contribution in [0.25, 0.3) is 11.0 Å². The summed E-state index contributed by atoms with van der Waals surface area (Å²) in [5.41, 5.74) is 1.99. The lowest BCUT2D eigenvalue weighted by molar-refractivity contribution is 0.559. The molecule has 0 saturated carbocycles. The molecule has 0 atom stereocenters. The molecule has 6 heteroatoms. The second-order valence-electron chi connectivity index (χ2n) is 4.26. The molecule has 1 heterocycles. The fourth-order valence-corrected chi connectivity index (χ4v) is 2.83. The second kappa shape index (κ2) is 6.33. The molecular formula is C14H15ClN2O2S. The number of benzene rings is 1. The Bertz CT molecular complexity index is 725. The summed E-state index contributed by atoms with van der Waals surface area (Å²) in [5, 5.41) is 5.32. The maximum atomic E-state index is 11.6. The summed E-state index contributed by atoms with van der Waals surface area (Å²) in [5.74, 6) is 0.620. The van der Waals surface area contributed by atoms with E-state index in [0.717, 1.165) is 21.7 Å². The van der Waals surface area contributed by atoms with Gasteiger partial charge in [-0.2, -0.15) is 0 Å². The van der Waals surface area contributed by atoms with Gasteiger partial charge in [0, 0.05) is 36.3 Å². The van der Waals surface area contributed by atoms with Crippen molar-refractivity contribution in [1.29, 1.82) is 0 Å². The Morgan fingerprint density at radius 1 is 1.45 bits per heavy atom. The summed E-state index contributed by atoms with van der Waals surface area (Å²) in [4.78, 5) is 15.7.